The molecule has 0 radical (unpaired) electrons. The number of halogens is 4. The van der Waals surface area contributed by atoms with Gasteiger partial charge in [0.2, 0.25) is 0 Å². The van der Waals surface area contributed by atoms with Crippen molar-refractivity contribution in [3.05, 3.63) is 15.2 Å². The number of aryl methyl sites for hydroxylation is 1. The van der Waals surface area contributed by atoms with Gasteiger partial charge in [-0.1, -0.05) is 0 Å². The summed E-state index contributed by atoms with van der Waals surface area (Å²) < 4.78 is 36.0. The molecule has 0 aliphatic carbocycles. The Bertz CT molecular complexity index is 279. The summed E-state index contributed by atoms with van der Waals surface area (Å²) in [7, 11) is 0. The molecule has 0 saturated heterocycles. The molecular formula is C6H6F3IN2. The molecule has 1 N–H and O–H groups in total. The second-order valence-corrected chi connectivity index (χ2v) is 3.41. The van der Waals surface area contributed by atoms with Crippen LogP contribution in [-0.4, -0.2) is 16.1 Å². The Balaban J connectivity index is 2.82. The van der Waals surface area contributed by atoms with Gasteiger partial charge in [-0.3, -0.25) is 0 Å². The van der Waals surface area contributed by atoms with Crippen LogP contribution in [0.25, 0.3) is 0 Å². The van der Waals surface area contributed by atoms with E-state index in [1.54, 1.807) is 29.5 Å². The van der Waals surface area contributed by atoms with Gasteiger partial charge in [-0.2, -0.15) is 13.2 Å². The van der Waals surface area contributed by atoms with Crippen LogP contribution in [0.5, 0.6) is 0 Å². The average Bonchev–Trinajstić information content (AvgIpc) is 2.06. The Kier molecular flexibility index (Phi) is 2.64. The number of imidazole rings is 1. The summed E-state index contributed by atoms with van der Waals surface area (Å²) in [5.41, 5.74) is 0.139. The Labute approximate surface area is 80.7 Å². The average molecular weight is 290 g/mol. The molecule has 6 heteroatoms. The second kappa shape index (κ2) is 3.23. The van der Waals surface area contributed by atoms with Crippen molar-refractivity contribution in [1.29, 1.82) is 0 Å². The smallest absolute Gasteiger partial charge is 0.345 e. The molecule has 0 unspecified atom stereocenters. The van der Waals surface area contributed by atoms with E-state index in [0.29, 0.717) is 9.53 Å². The van der Waals surface area contributed by atoms with Crippen molar-refractivity contribution in [3.8, 4) is 0 Å². The van der Waals surface area contributed by atoms with Crippen LogP contribution in [0.15, 0.2) is 0 Å². The van der Waals surface area contributed by atoms with E-state index in [9.17, 15) is 13.2 Å². The van der Waals surface area contributed by atoms with Gasteiger partial charge in [0, 0.05) is 0 Å². The minimum Gasteiger partial charge on any atom is -0.345 e. The normalized spacial score (nSPS) is 12.1. The first kappa shape index (κ1) is 9.82. The lowest BCUT2D eigenvalue weighted by atomic mass is 10.3. The molecule has 0 amide bonds. The predicted molar refractivity (Wildman–Crippen MR) is 45.8 cm³/mol. The van der Waals surface area contributed by atoms with Gasteiger partial charge in [0.05, 0.1) is 12.1 Å². The van der Waals surface area contributed by atoms with Crippen molar-refractivity contribution in [2.24, 2.45) is 0 Å². The molecule has 0 saturated carbocycles. The van der Waals surface area contributed by atoms with Crippen LogP contribution in [-0.2, 0) is 6.42 Å². The van der Waals surface area contributed by atoms with Gasteiger partial charge in [-0.15, -0.1) is 0 Å². The third kappa shape index (κ3) is 2.65. The third-order valence-corrected chi connectivity index (χ3v) is 2.12. The van der Waals surface area contributed by atoms with Crippen molar-refractivity contribution < 1.29 is 13.2 Å². The van der Waals surface area contributed by atoms with E-state index in [4.69, 9.17) is 0 Å². The number of H-pyrrole nitrogens is 1. The molecule has 2 nitrogen and oxygen atoms in total. The van der Waals surface area contributed by atoms with Crippen LogP contribution >= 0.6 is 22.6 Å². The van der Waals surface area contributed by atoms with E-state index in [2.05, 4.69) is 9.97 Å². The topological polar surface area (TPSA) is 28.7 Å². The summed E-state index contributed by atoms with van der Waals surface area (Å²) in [5, 5.41) is 0. The molecule has 0 spiro atoms. The molecule has 1 rings (SSSR count). The number of nitrogens with one attached hydrogen (secondary N) is 1. The number of alkyl halides is 3. The van der Waals surface area contributed by atoms with Crippen LogP contribution in [0.4, 0.5) is 13.2 Å². The van der Waals surface area contributed by atoms with Gasteiger partial charge in [0.15, 0.2) is 0 Å². The lowest BCUT2D eigenvalue weighted by molar-refractivity contribution is -0.127. The zero-order valence-corrected chi connectivity index (χ0v) is 8.32. The fourth-order valence-corrected chi connectivity index (χ4v) is 1.52. The van der Waals surface area contributed by atoms with Crippen LogP contribution in [0, 0.1) is 10.6 Å². The fourth-order valence-electron chi connectivity index (χ4n) is 0.830. The zero-order valence-electron chi connectivity index (χ0n) is 6.17. The monoisotopic (exact) mass is 290 g/mol. The standard InChI is InChI=1S/C6H6F3IN2/c1-3-11-4(5(10)12-3)2-6(7,8)9/h2H2,1H3,(H,11,12). The highest BCUT2D eigenvalue weighted by Gasteiger charge is 2.29. The van der Waals surface area contributed by atoms with Crippen molar-refractivity contribution in [2.45, 2.75) is 19.5 Å². The molecule has 1 aromatic heterocycles. The van der Waals surface area contributed by atoms with Crippen molar-refractivity contribution in [3.63, 3.8) is 0 Å². The van der Waals surface area contributed by atoms with Crippen LogP contribution in [0.2, 0.25) is 0 Å². The van der Waals surface area contributed by atoms with Crippen molar-refractivity contribution in [2.75, 3.05) is 0 Å². The number of aromatic nitrogens is 2. The van der Waals surface area contributed by atoms with E-state index in [1.807, 2.05) is 0 Å². The molecule has 0 atom stereocenters. The van der Waals surface area contributed by atoms with Gasteiger partial charge in [-0.25, -0.2) is 4.98 Å². The Morgan fingerprint density at radius 1 is 1.50 bits per heavy atom. The summed E-state index contributed by atoms with van der Waals surface area (Å²) in [6.07, 6.45) is -5.11. The Morgan fingerprint density at radius 3 is 2.42 bits per heavy atom. The van der Waals surface area contributed by atoms with Gasteiger partial charge < -0.3 is 4.98 Å². The number of aromatic amines is 1. The summed E-state index contributed by atoms with van der Waals surface area (Å²) in [4.78, 5) is 6.39. The van der Waals surface area contributed by atoms with Crippen molar-refractivity contribution >= 4 is 22.6 Å². The first-order valence-electron chi connectivity index (χ1n) is 3.16. The summed E-state index contributed by atoms with van der Waals surface area (Å²) >= 11 is 1.78. The fraction of sp³-hybridized carbons (Fsp3) is 0.500. The van der Waals surface area contributed by atoms with Crippen molar-refractivity contribution in [1.82, 2.24) is 9.97 Å². The third-order valence-electron chi connectivity index (χ3n) is 1.22. The number of nitrogens with zero attached hydrogens (tertiary/aromatic N) is 1. The number of rotatable bonds is 1. The van der Waals surface area contributed by atoms with E-state index in [0.717, 1.165) is 0 Å². The molecule has 0 aromatic carbocycles. The molecule has 12 heavy (non-hydrogen) atoms. The maximum absolute atomic E-state index is 11.9. The largest absolute Gasteiger partial charge is 0.394 e. The molecule has 0 fully saturated rings. The summed E-state index contributed by atoms with van der Waals surface area (Å²) in [6, 6.07) is 0. The SMILES string of the molecule is Cc1nc(I)c(CC(F)(F)F)[nH]1. The molecule has 0 aliphatic heterocycles. The van der Waals surface area contributed by atoms with Gasteiger partial charge in [0.25, 0.3) is 0 Å². The molecular weight excluding hydrogens is 284 g/mol. The Hall–Kier alpha value is -0.270. The van der Waals surface area contributed by atoms with Gasteiger partial charge >= 0.3 is 6.18 Å². The van der Waals surface area contributed by atoms with Crippen LogP contribution < -0.4 is 0 Å². The molecule has 0 aliphatic rings. The van der Waals surface area contributed by atoms with Crippen LogP contribution in [0.3, 0.4) is 0 Å². The minimum absolute atomic E-state index is 0.139. The lowest BCUT2D eigenvalue weighted by Crippen LogP contribution is -2.12. The summed E-state index contributed by atoms with van der Waals surface area (Å²) in [5.74, 6) is 0.513. The maximum atomic E-state index is 11.9. The predicted octanol–water partition coefficient (Wildman–Crippen LogP) is 2.43. The van der Waals surface area contributed by atoms with Crippen LogP contribution in [0.1, 0.15) is 11.5 Å². The first-order valence-corrected chi connectivity index (χ1v) is 4.24. The summed E-state index contributed by atoms with van der Waals surface area (Å²) in [6.45, 7) is 1.63. The second-order valence-electron chi connectivity index (χ2n) is 2.38. The number of hydrogen-bond acceptors (Lipinski definition) is 1. The lowest BCUT2D eigenvalue weighted by Gasteiger charge is -2.03. The zero-order chi connectivity index (χ0) is 9.35. The van der Waals surface area contributed by atoms with E-state index in [1.165, 1.54) is 0 Å². The number of hydrogen-bond donors (Lipinski definition) is 1. The molecule has 0 bridgehead atoms. The van der Waals surface area contributed by atoms with E-state index < -0.39 is 12.6 Å². The first-order chi connectivity index (χ1) is 5.38. The highest BCUT2D eigenvalue weighted by molar-refractivity contribution is 14.1. The van der Waals surface area contributed by atoms with Gasteiger partial charge in [0.1, 0.15) is 9.53 Å². The van der Waals surface area contributed by atoms with E-state index in [-0.39, 0.29) is 5.69 Å². The molecule has 1 heterocycles. The Morgan fingerprint density at radius 2 is 2.08 bits per heavy atom. The highest BCUT2D eigenvalue weighted by atomic mass is 127. The minimum atomic E-state index is -4.17. The highest BCUT2D eigenvalue weighted by Crippen LogP contribution is 2.22. The molecule has 68 valence electrons. The maximum Gasteiger partial charge on any atom is 0.394 e. The van der Waals surface area contributed by atoms with Gasteiger partial charge in [-0.05, 0) is 29.5 Å². The quantitative estimate of drug-likeness (QED) is 0.791. The molecule has 1 aromatic rings. The van der Waals surface area contributed by atoms with E-state index >= 15 is 0 Å².